The first-order valence-electron chi connectivity index (χ1n) is 15.0. The first kappa shape index (κ1) is 31.8. The molecule has 1 aromatic heterocycles. The van der Waals surface area contributed by atoms with Gasteiger partial charge in [-0.3, -0.25) is 14.4 Å². The van der Waals surface area contributed by atoms with Crippen LogP contribution in [0.5, 0.6) is 5.75 Å². The number of oxime groups is 1. The van der Waals surface area contributed by atoms with Crippen LogP contribution < -0.4 is 4.74 Å². The van der Waals surface area contributed by atoms with E-state index in [1.807, 2.05) is 60.7 Å². The van der Waals surface area contributed by atoms with Crippen LogP contribution in [0.4, 0.5) is 4.79 Å². The Balaban J connectivity index is 1.32. The molecule has 0 amide bonds. The van der Waals surface area contributed by atoms with Crippen molar-refractivity contribution in [2.24, 2.45) is 5.16 Å². The molecule has 0 unspecified atom stereocenters. The Hall–Kier alpha value is -5.18. The van der Waals surface area contributed by atoms with Crippen molar-refractivity contribution in [3.05, 3.63) is 143 Å². The third-order valence-electron chi connectivity index (χ3n) is 7.60. The molecule has 6 aromatic rings. The number of halogens is 1. The quantitative estimate of drug-likeness (QED) is 0.0262. The van der Waals surface area contributed by atoms with E-state index >= 15 is 0 Å². The highest BCUT2D eigenvalue weighted by molar-refractivity contribution is 7.99. The van der Waals surface area contributed by atoms with E-state index in [2.05, 4.69) is 16.6 Å². The summed E-state index contributed by atoms with van der Waals surface area (Å²) < 4.78 is 7.34. The fourth-order valence-corrected chi connectivity index (χ4v) is 6.33. The van der Waals surface area contributed by atoms with Gasteiger partial charge in [0.1, 0.15) is 11.5 Å². The molecule has 0 saturated carbocycles. The smallest absolute Gasteiger partial charge is 0.393 e. The van der Waals surface area contributed by atoms with Crippen molar-refractivity contribution < 1.29 is 24.0 Å². The topological polar surface area (TPSA) is 87.0 Å². The second-order valence-corrected chi connectivity index (χ2v) is 12.2. The minimum atomic E-state index is -1.05. The fraction of sp³-hybridized carbons (Fsp3) is 0.105. The average Bonchev–Trinajstić information content (AvgIpc) is 3.43. The average molecular weight is 661 g/mol. The maximum absolute atomic E-state index is 14.0. The molecule has 0 atom stereocenters. The standard InChI is InChI=1S/C38H29ClN2O5S/c1-2-41-34-19-13-26(36(42)25-9-5-3-6-10-25)23-31(34)32-24-27(14-20-35(32)41)37(43)33(21-22-47-30-17-15-28(39)16-18-30)40-46-38(44)45-29-11-7-4-8-12-29/h3-20,23-24H,2,21-22H2,1H3. The van der Waals surface area contributed by atoms with Crippen molar-refractivity contribution >= 4 is 68.6 Å². The predicted octanol–water partition coefficient (Wildman–Crippen LogP) is 9.64. The van der Waals surface area contributed by atoms with E-state index in [0.29, 0.717) is 39.8 Å². The Labute approximate surface area is 280 Å². The minimum Gasteiger partial charge on any atom is -0.393 e. The van der Waals surface area contributed by atoms with E-state index < -0.39 is 6.16 Å². The number of Topliss-reactive ketones (excluding diaryl/α,β-unsaturated/α-hetero) is 1. The molecule has 47 heavy (non-hydrogen) atoms. The number of nitrogens with zero attached hydrogens (tertiary/aromatic N) is 2. The van der Waals surface area contributed by atoms with Crippen molar-refractivity contribution in [1.29, 1.82) is 0 Å². The molecule has 0 aliphatic rings. The van der Waals surface area contributed by atoms with Gasteiger partial charge in [-0.15, -0.1) is 11.8 Å². The summed E-state index contributed by atoms with van der Waals surface area (Å²) >= 11 is 7.54. The highest BCUT2D eigenvalue weighted by atomic mass is 35.5. The molecule has 0 radical (unpaired) electrons. The Morgan fingerprint density at radius 3 is 2.02 bits per heavy atom. The normalized spacial score (nSPS) is 11.5. The van der Waals surface area contributed by atoms with Crippen molar-refractivity contribution in [2.45, 2.75) is 24.8 Å². The van der Waals surface area contributed by atoms with Gasteiger partial charge >= 0.3 is 6.16 Å². The van der Waals surface area contributed by atoms with Crippen molar-refractivity contribution in [1.82, 2.24) is 4.57 Å². The van der Waals surface area contributed by atoms with E-state index in [0.717, 1.165) is 26.7 Å². The van der Waals surface area contributed by atoms with E-state index in [1.165, 1.54) is 11.8 Å². The zero-order valence-corrected chi connectivity index (χ0v) is 27.0. The maximum Gasteiger partial charge on any atom is 0.540 e. The summed E-state index contributed by atoms with van der Waals surface area (Å²) in [5.41, 5.74) is 3.49. The third-order valence-corrected chi connectivity index (χ3v) is 8.87. The van der Waals surface area contributed by atoms with Crippen LogP contribution in [0, 0.1) is 0 Å². The summed E-state index contributed by atoms with van der Waals surface area (Å²) in [5.74, 6) is 0.321. The molecular weight excluding hydrogens is 632 g/mol. The van der Waals surface area contributed by atoms with Gasteiger partial charge in [-0.25, -0.2) is 4.79 Å². The van der Waals surface area contributed by atoms with E-state index in [-0.39, 0.29) is 23.7 Å². The first-order chi connectivity index (χ1) is 22.9. The summed E-state index contributed by atoms with van der Waals surface area (Å²) in [7, 11) is 0. The first-order valence-corrected chi connectivity index (χ1v) is 16.4. The molecule has 234 valence electrons. The molecule has 9 heteroatoms. The summed E-state index contributed by atoms with van der Waals surface area (Å²) in [5, 5.41) is 6.30. The molecule has 1 heterocycles. The van der Waals surface area contributed by atoms with Crippen LogP contribution in [-0.4, -0.2) is 33.8 Å². The lowest BCUT2D eigenvalue weighted by molar-refractivity contribution is 0.0984. The van der Waals surface area contributed by atoms with Gasteiger partial charge in [-0.2, -0.15) is 0 Å². The molecule has 5 aromatic carbocycles. The van der Waals surface area contributed by atoms with Crippen LogP contribution in [0.1, 0.15) is 39.6 Å². The molecule has 0 fully saturated rings. The lowest BCUT2D eigenvalue weighted by Crippen LogP contribution is -2.18. The number of para-hydroxylation sites is 1. The van der Waals surface area contributed by atoms with Crippen LogP contribution in [0.2, 0.25) is 5.02 Å². The van der Waals surface area contributed by atoms with Crippen molar-refractivity contribution in [3.63, 3.8) is 0 Å². The van der Waals surface area contributed by atoms with Gasteiger partial charge in [0.2, 0.25) is 5.78 Å². The van der Waals surface area contributed by atoms with Gasteiger partial charge < -0.3 is 9.30 Å². The Kier molecular flexibility index (Phi) is 9.80. The number of fused-ring (bicyclic) bond motifs is 3. The number of rotatable bonds is 11. The molecular formula is C38H29ClN2O5S. The Morgan fingerprint density at radius 2 is 1.36 bits per heavy atom. The van der Waals surface area contributed by atoms with Crippen molar-refractivity contribution in [2.75, 3.05) is 5.75 Å². The molecule has 0 bridgehead atoms. The number of hydrogen-bond donors (Lipinski definition) is 0. The number of benzene rings is 5. The molecule has 7 nitrogen and oxygen atoms in total. The minimum absolute atomic E-state index is 0.0648. The van der Waals surface area contributed by atoms with Gasteiger partial charge in [0, 0.05) is 67.1 Å². The number of ether oxygens (including phenoxy) is 1. The SMILES string of the molecule is CCn1c2ccc(C(=O)C(CCSc3ccc(Cl)cc3)=NOC(=O)Oc3ccccc3)cc2c2cc(C(=O)c3ccccc3)ccc21. The van der Waals surface area contributed by atoms with Gasteiger partial charge in [0.05, 0.1) is 0 Å². The predicted molar refractivity (Wildman–Crippen MR) is 187 cm³/mol. The highest BCUT2D eigenvalue weighted by Crippen LogP contribution is 2.32. The second kappa shape index (κ2) is 14.5. The van der Waals surface area contributed by atoms with Crippen LogP contribution in [0.15, 0.2) is 131 Å². The second-order valence-electron chi connectivity index (χ2n) is 10.6. The molecule has 0 N–H and O–H groups in total. The molecule has 0 aliphatic heterocycles. The Bertz CT molecular complexity index is 2110. The maximum atomic E-state index is 14.0. The summed E-state index contributed by atoms with van der Waals surface area (Å²) in [6.07, 6.45) is -0.834. The van der Waals surface area contributed by atoms with Gasteiger partial charge in [-0.05, 0) is 79.7 Å². The molecule has 0 spiro atoms. The van der Waals surface area contributed by atoms with Gasteiger partial charge in [0.15, 0.2) is 5.78 Å². The summed E-state index contributed by atoms with van der Waals surface area (Å²) in [6, 6.07) is 36.1. The number of aromatic nitrogens is 1. The van der Waals surface area contributed by atoms with Crippen LogP contribution >= 0.6 is 23.4 Å². The zero-order chi connectivity index (χ0) is 32.8. The number of carbonyl (C=O) groups excluding carboxylic acids is 3. The fourth-order valence-electron chi connectivity index (χ4n) is 5.34. The van der Waals surface area contributed by atoms with E-state index in [9.17, 15) is 14.4 Å². The van der Waals surface area contributed by atoms with Crippen LogP contribution in [-0.2, 0) is 11.4 Å². The summed E-state index contributed by atoms with van der Waals surface area (Å²) in [6.45, 7) is 2.75. The van der Waals surface area contributed by atoms with E-state index in [4.69, 9.17) is 21.2 Å². The Morgan fingerprint density at radius 1 is 0.745 bits per heavy atom. The van der Waals surface area contributed by atoms with Gasteiger partial charge in [0.25, 0.3) is 0 Å². The van der Waals surface area contributed by atoms with Crippen LogP contribution in [0.25, 0.3) is 21.8 Å². The van der Waals surface area contributed by atoms with Crippen molar-refractivity contribution in [3.8, 4) is 5.75 Å². The van der Waals surface area contributed by atoms with Crippen LogP contribution in [0.3, 0.4) is 0 Å². The number of ketones is 2. The van der Waals surface area contributed by atoms with Gasteiger partial charge in [-0.1, -0.05) is 65.3 Å². The largest absolute Gasteiger partial charge is 0.540 e. The number of aryl methyl sites for hydroxylation is 1. The highest BCUT2D eigenvalue weighted by Gasteiger charge is 2.20. The lowest BCUT2D eigenvalue weighted by Gasteiger charge is -2.08. The summed E-state index contributed by atoms with van der Waals surface area (Å²) in [4.78, 5) is 45.7. The number of carbonyl (C=O) groups is 3. The monoisotopic (exact) mass is 660 g/mol. The number of hydrogen-bond acceptors (Lipinski definition) is 7. The molecule has 0 saturated heterocycles. The third kappa shape index (κ3) is 7.30. The molecule has 0 aliphatic carbocycles. The molecule has 6 rings (SSSR count). The van der Waals surface area contributed by atoms with E-state index in [1.54, 1.807) is 60.7 Å². The lowest BCUT2D eigenvalue weighted by atomic mass is 9.99. The number of thioether (sulfide) groups is 1. The zero-order valence-electron chi connectivity index (χ0n) is 25.4.